The van der Waals surface area contributed by atoms with E-state index in [1.807, 2.05) is 0 Å². The average Bonchev–Trinajstić information content (AvgIpc) is 3.35. The molecule has 0 radical (unpaired) electrons. The van der Waals surface area contributed by atoms with Crippen LogP contribution >= 0.6 is 0 Å². The van der Waals surface area contributed by atoms with Crippen LogP contribution in [0.3, 0.4) is 0 Å². The highest BCUT2D eigenvalue weighted by Gasteiger charge is 2.59. The van der Waals surface area contributed by atoms with Crippen molar-refractivity contribution in [3.63, 3.8) is 0 Å². The normalized spacial score (nSPS) is 28.9. The van der Waals surface area contributed by atoms with Gasteiger partial charge in [0.2, 0.25) is 0 Å². The predicted octanol–water partition coefficient (Wildman–Crippen LogP) is 2.16. The van der Waals surface area contributed by atoms with Gasteiger partial charge in [0.05, 0.1) is 24.7 Å². The summed E-state index contributed by atoms with van der Waals surface area (Å²) in [6.07, 6.45) is 5.72. The molecule has 1 heterocycles. The first-order valence-electron chi connectivity index (χ1n) is 9.53. The minimum absolute atomic E-state index is 0.160. The van der Waals surface area contributed by atoms with Crippen molar-refractivity contribution in [2.45, 2.75) is 26.4 Å². The Hall–Kier alpha value is -2.96. The summed E-state index contributed by atoms with van der Waals surface area (Å²) in [5.74, 6) is -0.606. The third-order valence-corrected chi connectivity index (χ3v) is 5.56. The third kappa shape index (κ3) is 3.10. The van der Waals surface area contributed by atoms with Crippen molar-refractivity contribution in [1.29, 1.82) is 0 Å². The van der Waals surface area contributed by atoms with E-state index in [2.05, 4.69) is 17.3 Å². The van der Waals surface area contributed by atoms with Crippen LogP contribution in [-0.2, 0) is 19.1 Å². The van der Waals surface area contributed by atoms with Gasteiger partial charge in [0.1, 0.15) is 5.75 Å². The number of hydrazone groups is 1. The molecule has 5 atom stereocenters. The summed E-state index contributed by atoms with van der Waals surface area (Å²) in [4.78, 5) is 37.0. The predicted molar refractivity (Wildman–Crippen MR) is 100 cm³/mol. The molecule has 2 bridgehead atoms. The summed E-state index contributed by atoms with van der Waals surface area (Å²) in [5.41, 5.74) is 0.660. The quantitative estimate of drug-likeness (QED) is 0.326. The fourth-order valence-corrected chi connectivity index (χ4v) is 4.30. The van der Waals surface area contributed by atoms with Gasteiger partial charge in [0.15, 0.2) is 6.10 Å². The second kappa shape index (κ2) is 7.22. The highest BCUT2D eigenvalue weighted by molar-refractivity contribution is 6.06. The molecule has 0 spiro atoms. The largest absolute Gasteiger partial charge is 0.479 e. The van der Waals surface area contributed by atoms with Crippen LogP contribution in [0.1, 0.15) is 25.8 Å². The van der Waals surface area contributed by atoms with Gasteiger partial charge in [-0.2, -0.15) is 10.1 Å². The number of amides is 2. The van der Waals surface area contributed by atoms with E-state index >= 15 is 0 Å². The smallest absolute Gasteiger partial charge is 0.347 e. The lowest BCUT2D eigenvalue weighted by Gasteiger charge is -2.13. The number of hydrogen-bond acceptors (Lipinski definition) is 6. The summed E-state index contributed by atoms with van der Waals surface area (Å²) in [7, 11) is 0. The maximum Gasteiger partial charge on any atom is 0.347 e. The fourth-order valence-electron chi connectivity index (χ4n) is 4.30. The number of imide groups is 1. The number of nitrogens with zero attached hydrogens (tertiary/aromatic N) is 2. The van der Waals surface area contributed by atoms with Gasteiger partial charge in [-0.25, -0.2) is 4.79 Å². The Kier molecular flexibility index (Phi) is 4.75. The van der Waals surface area contributed by atoms with Gasteiger partial charge >= 0.3 is 5.97 Å². The molecule has 0 aromatic heterocycles. The monoisotopic (exact) mass is 382 g/mol. The van der Waals surface area contributed by atoms with Crippen LogP contribution in [0.4, 0.5) is 0 Å². The highest BCUT2D eigenvalue weighted by Crippen LogP contribution is 2.52. The molecule has 1 saturated carbocycles. The Labute approximate surface area is 163 Å². The molecule has 0 unspecified atom stereocenters. The molecule has 28 heavy (non-hydrogen) atoms. The zero-order valence-electron chi connectivity index (χ0n) is 15.8. The zero-order chi connectivity index (χ0) is 19.8. The molecule has 3 aliphatic rings. The Balaban J connectivity index is 1.45. The van der Waals surface area contributed by atoms with Gasteiger partial charge in [0, 0.05) is 0 Å². The Morgan fingerprint density at radius 2 is 1.93 bits per heavy atom. The number of rotatable bonds is 6. The molecule has 1 saturated heterocycles. The molecule has 7 heteroatoms. The Morgan fingerprint density at radius 1 is 1.25 bits per heavy atom. The van der Waals surface area contributed by atoms with E-state index in [0.717, 1.165) is 11.4 Å². The lowest BCUT2D eigenvalue weighted by Crippen LogP contribution is -2.28. The van der Waals surface area contributed by atoms with Crippen molar-refractivity contribution in [2.24, 2.45) is 28.8 Å². The molecule has 146 valence electrons. The van der Waals surface area contributed by atoms with Crippen LogP contribution in [0.25, 0.3) is 0 Å². The SMILES string of the molecule is CCOC(=O)[C@H](C)Oc1cccc(C=NN2C(=O)[C@@H]3[C@H](C2=O)[C@H]2C=C[C@H]3C2)c1. The van der Waals surface area contributed by atoms with Crippen LogP contribution < -0.4 is 4.74 Å². The Bertz CT molecular complexity index is 847. The van der Waals surface area contributed by atoms with Gasteiger partial charge < -0.3 is 9.47 Å². The maximum atomic E-state index is 12.6. The van der Waals surface area contributed by atoms with Crippen molar-refractivity contribution in [3.8, 4) is 5.75 Å². The van der Waals surface area contributed by atoms with Crippen LogP contribution in [-0.4, -0.2) is 41.7 Å². The van der Waals surface area contributed by atoms with Crippen LogP contribution in [0.2, 0.25) is 0 Å². The second-order valence-corrected chi connectivity index (χ2v) is 7.32. The lowest BCUT2D eigenvalue weighted by atomic mass is 9.85. The van der Waals surface area contributed by atoms with E-state index in [1.54, 1.807) is 38.1 Å². The number of allylic oxidation sites excluding steroid dienone is 2. The zero-order valence-corrected chi connectivity index (χ0v) is 15.8. The lowest BCUT2D eigenvalue weighted by molar-refractivity contribution is -0.150. The molecule has 2 aliphatic carbocycles. The van der Waals surface area contributed by atoms with Crippen molar-refractivity contribution >= 4 is 24.0 Å². The third-order valence-electron chi connectivity index (χ3n) is 5.56. The van der Waals surface area contributed by atoms with Crippen LogP contribution in [0, 0.1) is 23.7 Å². The summed E-state index contributed by atoms with van der Waals surface area (Å²) in [6.45, 7) is 3.63. The average molecular weight is 382 g/mol. The van der Waals surface area contributed by atoms with E-state index in [1.165, 1.54) is 6.21 Å². The number of carbonyl (C=O) groups excluding carboxylic acids is 3. The molecule has 2 amide bonds. The molecule has 4 rings (SSSR count). The van der Waals surface area contributed by atoms with E-state index in [9.17, 15) is 14.4 Å². The summed E-state index contributed by atoms with van der Waals surface area (Å²) >= 11 is 0. The molecule has 1 aliphatic heterocycles. The molecule has 0 N–H and O–H groups in total. The topological polar surface area (TPSA) is 85.3 Å². The first-order valence-corrected chi connectivity index (χ1v) is 9.53. The van der Waals surface area contributed by atoms with Gasteiger partial charge in [-0.15, -0.1) is 0 Å². The van der Waals surface area contributed by atoms with Crippen LogP contribution in [0.15, 0.2) is 41.5 Å². The molecule has 2 fully saturated rings. The number of ether oxygens (including phenoxy) is 2. The molecule has 1 aromatic rings. The molecule has 1 aromatic carbocycles. The van der Waals surface area contributed by atoms with E-state index in [-0.39, 0.29) is 42.1 Å². The van der Waals surface area contributed by atoms with Crippen molar-refractivity contribution in [3.05, 3.63) is 42.0 Å². The first kappa shape index (κ1) is 18.4. The molecular formula is C21H22N2O5. The molecule has 7 nitrogen and oxygen atoms in total. The summed E-state index contributed by atoms with van der Waals surface area (Å²) in [6, 6.07) is 6.94. The Morgan fingerprint density at radius 3 is 2.57 bits per heavy atom. The van der Waals surface area contributed by atoms with E-state index in [4.69, 9.17) is 9.47 Å². The highest BCUT2D eigenvalue weighted by atomic mass is 16.6. The number of carbonyl (C=O) groups is 3. The van der Waals surface area contributed by atoms with Crippen LogP contribution in [0.5, 0.6) is 5.75 Å². The standard InChI is InChI=1S/C21H22N2O5/c1-3-27-21(26)12(2)28-16-6-4-5-13(9-16)11-22-23-19(24)17-14-7-8-15(10-14)18(17)20(23)25/h4-9,11-12,14-15,17-18H,3,10H2,1-2H3/t12-,14-,15-,17-,18+/m0/s1. The second-order valence-electron chi connectivity index (χ2n) is 7.32. The minimum atomic E-state index is -0.740. The minimum Gasteiger partial charge on any atom is -0.479 e. The van der Waals surface area contributed by atoms with E-state index in [0.29, 0.717) is 11.3 Å². The fraction of sp³-hybridized carbons (Fsp3) is 0.429. The van der Waals surface area contributed by atoms with Gasteiger partial charge in [-0.05, 0) is 49.8 Å². The number of fused-ring (bicyclic) bond motifs is 5. The van der Waals surface area contributed by atoms with Crippen molar-refractivity contribution in [1.82, 2.24) is 5.01 Å². The van der Waals surface area contributed by atoms with Crippen molar-refractivity contribution in [2.75, 3.05) is 6.61 Å². The summed E-state index contributed by atoms with van der Waals surface area (Å²) < 4.78 is 10.5. The van der Waals surface area contributed by atoms with E-state index < -0.39 is 12.1 Å². The van der Waals surface area contributed by atoms with Gasteiger partial charge in [-0.3, -0.25) is 9.59 Å². The van der Waals surface area contributed by atoms with Gasteiger partial charge in [-0.1, -0.05) is 24.3 Å². The molecular weight excluding hydrogens is 360 g/mol. The number of esters is 1. The first-order chi connectivity index (χ1) is 13.5. The summed E-state index contributed by atoms with van der Waals surface area (Å²) in [5, 5.41) is 5.16. The van der Waals surface area contributed by atoms with Gasteiger partial charge in [0.25, 0.3) is 11.8 Å². The van der Waals surface area contributed by atoms with Crippen molar-refractivity contribution < 1.29 is 23.9 Å². The number of hydrogen-bond donors (Lipinski definition) is 0. The number of benzene rings is 1. The maximum absolute atomic E-state index is 12.6.